The predicted octanol–water partition coefficient (Wildman–Crippen LogP) is -2.75. The number of terminal acetylenes is 1. The molecular formula is C24H30N10O4. The number of carbonyl (C=O) groups excluding carboxylic acids is 3. The number of imide groups is 1. The Kier molecular flexibility index (Phi) is 6.23. The number of hydrogen-bond acceptors (Lipinski definition) is 11. The molecule has 8 N–H and O–H groups in total. The molecule has 0 radical (unpaired) electrons. The SMILES string of the molecule is C#CC(O)C12NC(N)=NC1C(CN1C(=O)CN(C)C1=O)N=C(N)N2CCNC(=O)c1cccc2c1NCC2. The van der Waals surface area contributed by atoms with E-state index in [1.165, 1.54) is 16.8 Å². The Bertz CT molecular complexity index is 1290. The number of rotatable bonds is 7. The van der Waals surface area contributed by atoms with Crippen molar-refractivity contribution in [3.05, 3.63) is 29.3 Å². The highest BCUT2D eigenvalue weighted by atomic mass is 16.3. The molecule has 1 saturated heterocycles. The van der Waals surface area contributed by atoms with Crippen LogP contribution in [0.2, 0.25) is 0 Å². The summed E-state index contributed by atoms with van der Waals surface area (Å²) in [4.78, 5) is 50.7. The number of anilines is 1. The summed E-state index contributed by atoms with van der Waals surface area (Å²) in [6, 6.07) is 3.39. The van der Waals surface area contributed by atoms with Crippen molar-refractivity contribution < 1.29 is 19.5 Å². The highest BCUT2D eigenvalue weighted by Crippen LogP contribution is 2.35. The summed E-state index contributed by atoms with van der Waals surface area (Å²) in [5.74, 6) is 1.65. The summed E-state index contributed by atoms with van der Waals surface area (Å²) >= 11 is 0. The molecule has 4 aliphatic heterocycles. The van der Waals surface area contributed by atoms with Gasteiger partial charge >= 0.3 is 6.03 Å². The number of fused-ring (bicyclic) bond motifs is 2. The molecule has 0 aromatic heterocycles. The fourth-order valence-electron chi connectivity index (χ4n) is 5.55. The first-order chi connectivity index (χ1) is 18.2. The van der Waals surface area contributed by atoms with E-state index in [9.17, 15) is 19.5 Å². The van der Waals surface area contributed by atoms with Crippen LogP contribution in [0.1, 0.15) is 15.9 Å². The van der Waals surface area contributed by atoms with E-state index in [2.05, 4.69) is 31.9 Å². The summed E-state index contributed by atoms with van der Waals surface area (Å²) in [5, 5.41) is 20.1. The zero-order chi connectivity index (χ0) is 27.2. The molecule has 14 heteroatoms. The normalized spacial score (nSPS) is 26.6. The fourth-order valence-corrected chi connectivity index (χ4v) is 5.55. The minimum Gasteiger partial charge on any atom is -0.384 e. The van der Waals surface area contributed by atoms with Gasteiger partial charge in [0.25, 0.3) is 5.91 Å². The number of nitrogens with two attached hydrogens (primary N) is 2. The molecule has 5 rings (SSSR count). The van der Waals surface area contributed by atoms with Crippen LogP contribution in [0, 0.1) is 12.3 Å². The zero-order valence-corrected chi connectivity index (χ0v) is 20.8. The van der Waals surface area contributed by atoms with Crippen molar-refractivity contribution in [2.24, 2.45) is 21.5 Å². The van der Waals surface area contributed by atoms with Gasteiger partial charge in [0, 0.05) is 26.7 Å². The molecule has 4 amide bonds. The monoisotopic (exact) mass is 522 g/mol. The maximum atomic E-state index is 13.0. The van der Waals surface area contributed by atoms with Crippen molar-refractivity contribution in [1.29, 1.82) is 0 Å². The number of nitrogens with zero attached hydrogens (tertiary/aromatic N) is 5. The first kappa shape index (κ1) is 25.2. The van der Waals surface area contributed by atoms with Gasteiger partial charge in [0.1, 0.15) is 12.6 Å². The Morgan fingerprint density at radius 2 is 2.16 bits per heavy atom. The van der Waals surface area contributed by atoms with Gasteiger partial charge in [-0.1, -0.05) is 18.1 Å². The summed E-state index contributed by atoms with van der Waals surface area (Å²) < 4.78 is 0. The van der Waals surface area contributed by atoms with Crippen molar-refractivity contribution in [1.82, 2.24) is 25.3 Å². The van der Waals surface area contributed by atoms with Gasteiger partial charge in [-0.3, -0.25) is 14.5 Å². The first-order valence-corrected chi connectivity index (χ1v) is 12.2. The molecule has 0 bridgehead atoms. The highest BCUT2D eigenvalue weighted by Gasteiger charge is 2.60. The standard InChI is InChI=1S/C24H30N10O4/c1-3-16(35)24-19(30-21(25)31-24)15(11-33-17(36)12-32(2)23(33)38)29-22(26)34(24)10-9-28-20(37)14-6-4-5-13-7-8-27-18(13)14/h1,4-6,15-16,19,27,35H,7-12H2,2H3,(H2,26,29)(H,28,37)(H3,25,30,31). The second kappa shape index (κ2) is 9.42. The number of likely N-dealkylation sites (N-methyl/N-ethyl adjacent to an activating group) is 1. The molecule has 4 aliphatic rings. The van der Waals surface area contributed by atoms with Crippen molar-refractivity contribution >= 4 is 35.5 Å². The highest BCUT2D eigenvalue weighted by molar-refractivity contribution is 6.02. The number of hydrogen-bond donors (Lipinski definition) is 6. The third-order valence-electron chi connectivity index (χ3n) is 7.33. The smallest absolute Gasteiger partial charge is 0.327 e. The lowest BCUT2D eigenvalue weighted by molar-refractivity contribution is -0.125. The lowest BCUT2D eigenvalue weighted by Gasteiger charge is -2.50. The number of carbonyl (C=O) groups is 3. The van der Waals surface area contributed by atoms with E-state index in [1.54, 1.807) is 6.07 Å². The molecule has 38 heavy (non-hydrogen) atoms. The van der Waals surface area contributed by atoms with Gasteiger partial charge in [-0.2, -0.15) is 0 Å². The predicted molar refractivity (Wildman–Crippen MR) is 139 cm³/mol. The summed E-state index contributed by atoms with van der Waals surface area (Å²) in [6.07, 6.45) is 5.03. The maximum Gasteiger partial charge on any atom is 0.327 e. The Morgan fingerprint density at radius 1 is 1.37 bits per heavy atom. The molecule has 0 spiro atoms. The van der Waals surface area contributed by atoms with Gasteiger partial charge in [0.15, 0.2) is 23.7 Å². The number of guanidine groups is 2. The minimum absolute atomic E-state index is 0.00430. The maximum absolute atomic E-state index is 13.0. The molecule has 0 aliphatic carbocycles. The zero-order valence-electron chi connectivity index (χ0n) is 20.8. The minimum atomic E-state index is -1.51. The van der Waals surface area contributed by atoms with Crippen LogP contribution < -0.4 is 27.4 Å². The summed E-state index contributed by atoms with van der Waals surface area (Å²) in [7, 11) is 1.52. The van der Waals surface area contributed by atoms with E-state index in [4.69, 9.17) is 17.9 Å². The molecular weight excluding hydrogens is 492 g/mol. The Labute approximate surface area is 219 Å². The second-order valence-electron chi connectivity index (χ2n) is 9.60. The number of aliphatic hydroxyl groups excluding tert-OH is 1. The van der Waals surface area contributed by atoms with E-state index in [0.717, 1.165) is 29.1 Å². The molecule has 1 aromatic rings. The van der Waals surface area contributed by atoms with E-state index in [1.807, 2.05) is 12.1 Å². The molecule has 200 valence electrons. The van der Waals surface area contributed by atoms with Gasteiger partial charge in [0.05, 0.1) is 23.8 Å². The van der Waals surface area contributed by atoms with Gasteiger partial charge in [-0.05, 0) is 18.1 Å². The molecule has 4 heterocycles. The van der Waals surface area contributed by atoms with Gasteiger partial charge < -0.3 is 42.3 Å². The van der Waals surface area contributed by atoms with Crippen molar-refractivity contribution in [3.63, 3.8) is 0 Å². The van der Waals surface area contributed by atoms with Crippen LogP contribution in [-0.2, 0) is 11.2 Å². The quantitative estimate of drug-likeness (QED) is 0.163. The van der Waals surface area contributed by atoms with Crippen LogP contribution >= 0.6 is 0 Å². The Balaban J connectivity index is 1.38. The van der Waals surface area contributed by atoms with Crippen molar-refractivity contribution in [3.8, 4) is 12.3 Å². The van der Waals surface area contributed by atoms with E-state index in [0.29, 0.717) is 5.56 Å². The largest absolute Gasteiger partial charge is 0.384 e. The van der Waals surface area contributed by atoms with E-state index in [-0.39, 0.29) is 49.9 Å². The number of aliphatic hydroxyl groups is 1. The van der Waals surface area contributed by atoms with Crippen LogP contribution in [0.15, 0.2) is 28.2 Å². The lowest BCUT2D eigenvalue weighted by Crippen LogP contribution is -2.76. The van der Waals surface area contributed by atoms with Gasteiger partial charge in [0.2, 0.25) is 5.91 Å². The molecule has 4 atom stereocenters. The summed E-state index contributed by atoms with van der Waals surface area (Å²) in [5.41, 5.74) is 13.3. The Morgan fingerprint density at radius 3 is 2.87 bits per heavy atom. The average molecular weight is 523 g/mol. The third kappa shape index (κ3) is 3.91. The van der Waals surface area contributed by atoms with Gasteiger partial charge in [-0.15, -0.1) is 6.42 Å². The molecule has 4 unspecified atom stereocenters. The molecule has 0 saturated carbocycles. The van der Waals surface area contributed by atoms with Crippen molar-refractivity contribution in [2.45, 2.75) is 30.3 Å². The Hall–Kier alpha value is -4.51. The number of para-hydroxylation sites is 1. The number of benzene rings is 1. The van der Waals surface area contributed by atoms with Crippen LogP contribution in [0.4, 0.5) is 10.5 Å². The van der Waals surface area contributed by atoms with Crippen LogP contribution in [0.25, 0.3) is 0 Å². The molecule has 1 fully saturated rings. The van der Waals surface area contributed by atoms with Crippen molar-refractivity contribution in [2.75, 3.05) is 45.1 Å². The second-order valence-corrected chi connectivity index (χ2v) is 9.60. The van der Waals surface area contributed by atoms with E-state index >= 15 is 0 Å². The van der Waals surface area contributed by atoms with Crippen LogP contribution in [0.3, 0.4) is 0 Å². The number of nitrogens with one attached hydrogen (secondary N) is 3. The average Bonchev–Trinajstić information content (AvgIpc) is 3.57. The van der Waals surface area contributed by atoms with Crippen LogP contribution in [-0.4, -0.2) is 113 Å². The van der Waals surface area contributed by atoms with Gasteiger partial charge in [-0.25, -0.2) is 14.8 Å². The first-order valence-electron chi connectivity index (χ1n) is 12.2. The topological polar surface area (TPSA) is 194 Å². The van der Waals surface area contributed by atoms with Crippen LogP contribution in [0.5, 0.6) is 0 Å². The number of amides is 4. The number of aliphatic imine (C=N–C) groups is 2. The number of urea groups is 1. The third-order valence-corrected chi connectivity index (χ3v) is 7.33. The lowest BCUT2D eigenvalue weighted by atomic mass is 9.86. The fraction of sp³-hybridized carbons (Fsp3) is 0.458. The molecule has 1 aromatic carbocycles. The van der Waals surface area contributed by atoms with E-state index < -0.39 is 29.9 Å². The molecule has 14 nitrogen and oxygen atoms in total. The summed E-state index contributed by atoms with van der Waals surface area (Å²) in [6.45, 7) is 0.828.